The van der Waals surface area contributed by atoms with Crippen LogP contribution in [0.2, 0.25) is 0 Å². The molecule has 0 radical (unpaired) electrons. The molecule has 1 saturated carbocycles. The number of halogens is 3. The number of amides is 1. The van der Waals surface area contributed by atoms with E-state index in [4.69, 9.17) is 10.3 Å². The first kappa shape index (κ1) is 28.4. The third-order valence-corrected chi connectivity index (χ3v) is 7.46. The molecule has 2 aromatic carbocycles. The standard InChI is InChI=1S/C31H33F3N2O3/c1-4-30(38,22-17-15-21(16-18-22)29(2,3)28(35)37)19-9-5-6-11-24-26(36-39-27(24)20-13-14-20)23-10-7-8-12-25(23)31(32,33)34/h4,6-8,10-12,15-18,20,38H,1,5,9,13-14,19H2,2-3H3,(H2,35,37)/b11-6+. The number of allylic oxidation sites excluding steroid dienone is 1. The smallest absolute Gasteiger partial charge is 0.381 e. The Hall–Kier alpha value is -3.65. The molecule has 0 saturated heterocycles. The molecule has 0 bridgehead atoms. The van der Waals surface area contributed by atoms with Crippen molar-refractivity contribution in [3.8, 4) is 11.3 Å². The van der Waals surface area contributed by atoms with Gasteiger partial charge in [-0.1, -0.05) is 72.4 Å². The Morgan fingerprint density at radius 2 is 1.77 bits per heavy atom. The van der Waals surface area contributed by atoms with Crippen molar-refractivity contribution in [1.29, 1.82) is 0 Å². The summed E-state index contributed by atoms with van der Waals surface area (Å²) in [6.45, 7) is 7.29. The number of rotatable bonds is 11. The minimum absolute atomic E-state index is 0.00991. The van der Waals surface area contributed by atoms with Crippen molar-refractivity contribution < 1.29 is 27.6 Å². The summed E-state index contributed by atoms with van der Waals surface area (Å²) in [5.41, 5.74) is 4.77. The lowest BCUT2D eigenvalue weighted by Gasteiger charge is -2.27. The molecular formula is C31H33F3N2O3. The zero-order chi connectivity index (χ0) is 28.4. The van der Waals surface area contributed by atoms with Gasteiger partial charge < -0.3 is 15.4 Å². The van der Waals surface area contributed by atoms with Crippen molar-refractivity contribution in [2.45, 2.75) is 69.1 Å². The number of carbonyl (C=O) groups excluding carboxylic acids is 1. The molecule has 3 N–H and O–H groups in total. The van der Waals surface area contributed by atoms with Gasteiger partial charge in [0.05, 0.1) is 11.0 Å². The first-order valence-corrected chi connectivity index (χ1v) is 13.0. The lowest BCUT2D eigenvalue weighted by molar-refractivity contribution is -0.137. The highest BCUT2D eigenvalue weighted by Crippen LogP contribution is 2.46. The van der Waals surface area contributed by atoms with Crippen LogP contribution < -0.4 is 5.73 Å². The van der Waals surface area contributed by atoms with E-state index in [1.54, 1.807) is 50.3 Å². The van der Waals surface area contributed by atoms with E-state index in [2.05, 4.69) is 11.7 Å². The second-order valence-corrected chi connectivity index (χ2v) is 10.6. The van der Waals surface area contributed by atoms with Crippen LogP contribution in [0.4, 0.5) is 13.2 Å². The summed E-state index contributed by atoms with van der Waals surface area (Å²) >= 11 is 0. The second kappa shape index (κ2) is 10.8. The number of carbonyl (C=O) groups is 1. The van der Waals surface area contributed by atoms with Crippen molar-refractivity contribution in [3.05, 3.63) is 95.3 Å². The van der Waals surface area contributed by atoms with Crippen LogP contribution in [-0.2, 0) is 22.0 Å². The van der Waals surface area contributed by atoms with Gasteiger partial charge in [0.15, 0.2) is 0 Å². The van der Waals surface area contributed by atoms with Crippen molar-refractivity contribution in [3.63, 3.8) is 0 Å². The monoisotopic (exact) mass is 538 g/mol. The number of hydrogen-bond acceptors (Lipinski definition) is 4. The minimum Gasteiger partial charge on any atom is -0.381 e. The van der Waals surface area contributed by atoms with Crippen LogP contribution in [0.5, 0.6) is 0 Å². The second-order valence-electron chi connectivity index (χ2n) is 10.6. The van der Waals surface area contributed by atoms with Gasteiger partial charge in [-0.3, -0.25) is 4.79 Å². The number of hydrogen-bond donors (Lipinski definition) is 2. The van der Waals surface area contributed by atoms with Crippen LogP contribution in [0.15, 0.2) is 71.8 Å². The maximum Gasteiger partial charge on any atom is 0.417 e. The number of primary amides is 1. The lowest BCUT2D eigenvalue weighted by Crippen LogP contribution is -2.35. The van der Waals surface area contributed by atoms with E-state index >= 15 is 0 Å². The molecule has 0 aliphatic heterocycles. The number of nitrogens with zero attached hydrogens (tertiary/aromatic N) is 1. The highest BCUT2D eigenvalue weighted by molar-refractivity contribution is 5.85. The number of nitrogens with two attached hydrogens (primary N) is 1. The van der Waals surface area contributed by atoms with Crippen molar-refractivity contribution in [2.75, 3.05) is 0 Å². The molecule has 3 aromatic rings. The van der Waals surface area contributed by atoms with E-state index in [0.29, 0.717) is 36.1 Å². The van der Waals surface area contributed by atoms with Gasteiger partial charge in [-0.05, 0) is 63.1 Å². The Morgan fingerprint density at radius 1 is 1.13 bits per heavy atom. The number of alkyl halides is 3. The highest BCUT2D eigenvalue weighted by Gasteiger charge is 2.37. The molecule has 5 nitrogen and oxygen atoms in total. The SMILES string of the molecule is C=CC(O)(CCC/C=C/c1c(-c2ccccc2C(F)(F)F)noc1C1CC1)c1ccc(C(C)(C)C(N)=O)cc1. The Labute approximate surface area is 226 Å². The molecule has 1 atom stereocenters. The molecule has 1 unspecified atom stereocenters. The molecular weight excluding hydrogens is 505 g/mol. The third kappa shape index (κ3) is 6.01. The average Bonchev–Trinajstić information content (AvgIpc) is 3.67. The first-order valence-electron chi connectivity index (χ1n) is 13.0. The zero-order valence-electron chi connectivity index (χ0n) is 22.1. The molecule has 1 aliphatic rings. The van der Waals surface area contributed by atoms with Crippen LogP contribution in [0.25, 0.3) is 17.3 Å². The van der Waals surface area contributed by atoms with Crippen LogP contribution in [-0.4, -0.2) is 16.2 Å². The van der Waals surface area contributed by atoms with Gasteiger partial charge in [0.1, 0.15) is 17.1 Å². The Bertz CT molecular complexity index is 1370. The summed E-state index contributed by atoms with van der Waals surface area (Å²) in [5, 5.41) is 15.3. The number of unbranched alkanes of at least 4 members (excludes halogenated alkanes) is 1. The fraction of sp³-hybridized carbons (Fsp3) is 0.355. The molecule has 39 heavy (non-hydrogen) atoms. The van der Waals surface area contributed by atoms with Gasteiger partial charge in [0.2, 0.25) is 5.91 Å². The van der Waals surface area contributed by atoms with Gasteiger partial charge in [0, 0.05) is 17.0 Å². The maximum atomic E-state index is 13.7. The fourth-order valence-corrected chi connectivity index (χ4v) is 4.61. The zero-order valence-corrected chi connectivity index (χ0v) is 22.1. The van der Waals surface area contributed by atoms with Gasteiger partial charge in [-0.15, -0.1) is 0 Å². The molecule has 1 heterocycles. The Morgan fingerprint density at radius 3 is 2.36 bits per heavy atom. The minimum atomic E-state index is -4.51. The molecule has 1 amide bonds. The van der Waals surface area contributed by atoms with Crippen molar-refractivity contribution in [1.82, 2.24) is 5.16 Å². The van der Waals surface area contributed by atoms with E-state index in [0.717, 1.165) is 24.5 Å². The third-order valence-electron chi connectivity index (χ3n) is 7.46. The molecule has 4 rings (SSSR count). The summed E-state index contributed by atoms with van der Waals surface area (Å²) in [6.07, 6.45) is 3.99. The summed E-state index contributed by atoms with van der Waals surface area (Å²) in [5.74, 6) is 0.334. The Kier molecular flexibility index (Phi) is 7.89. The van der Waals surface area contributed by atoms with E-state index < -0.39 is 28.7 Å². The lowest BCUT2D eigenvalue weighted by atomic mass is 9.81. The van der Waals surface area contributed by atoms with E-state index in [1.807, 2.05) is 6.08 Å². The quantitative estimate of drug-likeness (QED) is 0.199. The van der Waals surface area contributed by atoms with E-state index in [1.165, 1.54) is 18.2 Å². The number of benzene rings is 2. The number of aromatic nitrogens is 1. The number of aliphatic hydroxyl groups is 1. The topological polar surface area (TPSA) is 89.3 Å². The first-order chi connectivity index (χ1) is 18.4. The van der Waals surface area contributed by atoms with Crippen LogP contribution in [0.3, 0.4) is 0 Å². The molecule has 8 heteroatoms. The highest BCUT2D eigenvalue weighted by atomic mass is 19.4. The molecule has 1 fully saturated rings. The van der Waals surface area contributed by atoms with Crippen LogP contribution in [0.1, 0.15) is 79.9 Å². The molecule has 0 spiro atoms. The maximum absolute atomic E-state index is 13.7. The van der Waals surface area contributed by atoms with Gasteiger partial charge in [-0.25, -0.2) is 0 Å². The summed E-state index contributed by atoms with van der Waals surface area (Å²) in [7, 11) is 0. The normalized spacial score (nSPS) is 15.8. The largest absolute Gasteiger partial charge is 0.417 e. The summed E-state index contributed by atoms with van der Waals surface area (Å²) in [4.78, 5) is 11.8. The molecule has 1 aromatic heterocycles. The van der Waals surface area contributed by atoms with Gasteiger partial charge >= 0.3 is 6.18 Å². The van der Waals surface area contributed by atoms with Crippen molar-refractivity contribution >= 4 is 12.0 Å². The Balaban J connectivity index is 1.49. The molecule has 1 aliphatic carbocycles. The van der Waals surface area contributed by atoms with Crippen molar-refractivity contribution in [2.24, 2.45) is 5.73 Å². The van der Waals surface area contributed by atoms with E-state index in [9.17, 15) is 23.1 Å². The average molecular weight is 539 g/mol. The predicted molar refractivity (Wildman–Crippen MR) is 145 cm³/mol. The van der Waals surface area contributed by atoms with E-state index in [-0.39, 0.29) is 17.2 Å². The van der Waals surface area contributed by atoms with Gasteiger partial charge in [-0.2, -0.15) is 13.2 Å². The van der Waals surface area contributed by atoms with Crippen LogP contribution in [0, 0.1) is 0 Å². The van der Waals surface area contributed by atoms with Gasteiger partial charge in [0.25, 0.3) is 0 Å². The molecule has 206 valence electrons. The fourth-order valence-electron chi connectivity index (χ4n) is 4.61. The predicted octanol–water partition coefficient (Wildman–Crippen LogP) is 7.26. The summed E-state index contributed by atoms with van der Waals surface area (Å²) in [6, 6.07) is 12.5. The summed E-state index contributed by atoms with van der Waals surface area (Å²) < 4.78 is 46.5. The van der Waals surface area contributed by atoms with Crippen LogP contribution >= 0.6 is 0 Å².